The molecule has 0 aliphatic rings. The van der Waals surface area contributed by atoms with Gasteiger partial charge in [0, 0.05) is 23.4 Å². The van der Waals surface area contributed by atoms with Gasteiger partial charge in [-0.1, -0.05) is 5.92 Å². The van der Waals surface area contributed by atoms with Crippen molar-refractivity contribution in [1.82, 2.24) is 4.90 Å². The molecule has 0 amide bonds. The smallest absolute Gasteiger partial charge is 0.269 e. The van der Waals surface area contributed by atoms with Crippen LogP contribution < -0.4 is 0 Å². The van der Waals surface area contributed by atoms with E-state index in [-0.39, 0.29) is 11.5 Å². The van der Waals surface area contributed by atoms with Crippen LogP contribution in [0.5, 0.6) is 0 Å². The number of nitro benzene ring substituents is 1. The average Bonchev–Trinajstić information content (AvgIpc) is 2.39. The molecule has 6 heteroatoms. The van der Waals surface area contributed by atoms with Gasteiger partial charge < -0.3 is 0 Å². The molecule has 100 valence electrons. The molecule has 1 unspecified atom stereocenters. The largest absolute Gasteiger partial charge is 0.292 e. The van der Waals surface area contributed by atoms with Gasteiger partial charge in [0.25, 0.3) is 5.69 Å². The van der Waals surface area contributed by atoms with Gasteiger partial charge in [0.15, 0.2) is 5.78 Å². The number of likely N-dealkylation sites (N-methyl/N-ethyl adjacent to an activating group) is 1. The van der Waals surface area contributed by atoms with Gasteiger partial charge in [0.1, 0.15) is 0 Å². The predicted octanol–water partition coefficient (Wildman–Crippen LogP) is 1.64. The first-order chi connectivity index (χ1) is 9.01. The molecule has 0 aliphatic heterocycles. The third-order valence-corrected chi connectivity index (χ3v) is 3.06. The molecule has 0 saturated heterocycles. The first kappa shape index (κ1) is 15.2. The van der Waals surface area contributed by atoms with Crippen LogP contribution in [0.1, 0.15) is 10.4 Å². The van der Waals surface area contributed by atoms with Crippen LogP contribution >= 0.6 is 12.6 Å². The second kappa shape index (κ2) is 6.92. The van der Waals surface area contributed by atoms with E-state index < -0.39 is 11.0 Å². The predicted molar refractivity (Wildman–Crippen MR) is 76.5 cm³/mol. The summed E-state index contributed by atoms with van der Waals surface area (Å²) in [4.78, 5) is 24.0. The van der Waals surface area contributed by atoms with E-state index in [1.807, 2.05) is 0 Å². The number of thiol groups is 1. The number of non-ortho nitro benzene ring substituents is 1. The molecular formula is C13H14N2O3S. The third-order valence-electron chi connectivity index (χ3n) is 2.71. The van der Waals surface area contributed by atoms with Crippen molar-refractivity contribution in [2.75, 3.05) is 19.3 Å². The summed E-state index contributed by atoms with van der Waals surface area (Å²) < 4.78 is 0. The highest BCUT2D eigenvalue weighted by molar-refractivity contribution is 7.80. The maximum Gasteiger partial charge on any atom is 0.269 e. The number of hydrogen-bond acceptors (Lipinski definition) is 5. The van der Waals surface area contributed by atoms with Crippen LogP contribution in [0.4, 0.5) is 5.69 Å². The van der Waals surface area contributed by atoms with Crippen LogP contribution in [0.2, 0.25) is 0 Å². The van der Waals surface area contributed by atoms with E-state index in [4.69, 9.17) is 6.42 Å². The molecular weight excluding hydrogens is 264 g/mol. The molecule has 0 N–H and O–H groups in total. The lowest BCUT2D eigenvalue weighted by Crippen LogP contribution is -2.40. The number of rotatable bonds is 6. The zero-order valence-electron chi connectivity index (χ0n) is 10.4. The molecule has 1 rings (SSSR count). The molecule has 0 aromatic heterocycles. The number of nitrogens with zero attached hydrogens (tertiary/aromatic N) is 2. The van der Waals surface area contributed by atoms with Gasteiger partial charge in [0.05, 0.1) is 17.5 Å². The first-order valence-corrected chi connectivity index (χ1v) is 6.17. The number of hydrogen-bond donors (Lipinski definition) is 1. The van der Waals surface area contributed by atoms with Crippen molar-refractivity contribution in [1.29, 1.82) is 0 Å². The normalized spacial score (nSPS) is 11.9. The average molecular weight is 278 g/mol. The quantitative estimate of drug-likeness (QED) is 0.282. The van der Waals surface area contributed by atoms with Crippen molar-refractivity contribution in [2.45, 2.75) is 6.04 Å². The second-order valence-corrected chi connectivity index (χ2v) is 4.35. The van der Waals surface area contributed by atoms with Crippen LogP contribution in [0.25, 0.3) is 0 Å². The van der Waals surface area contributed by atoms with E-state index in [0.29, 0.717) is 17.9 Å². The Bertz CT molecular complexity index is 508. The van der Waals surface area contributed by atoms with Crippen LogP contribution in [-0.4, -0.2) is 41.0 Å². The molecule has 1 atom stereocenters. The SMILES string of the molecule is C#CCN(C)C(CS)C(=O)c1ccc([N+](=O)[O-])cc1. The minimum Gasteiger partial charge on any atom is -0.292 e. The van der Waals surface area contributed by atoms with Gasteiger partial charge in [0.2, 0.25) is 0 Å². The minimum atomic E-state index is -0.505. The number of carbonyl (C=O) groups excluding carboxylic acids is 1. The Labute approximate surface area is 117 Å². The summed E-state index contributed by atoms with van der Waals surface area (Å²) in [6.07, 6.45) is 5.21. The van der Waals surface area contributed by atoms with E-state index in [0.717, 1.165) is 0 Å². The highest BCUT2D eigenvalue weighted by Crippen LogP contribution is 2.15. The van der Waals surface area contributed by atoms with E-state index in [1.165, 1.54) is 24.3 Å². The Morgan fingerprint density at radius 3 is 2.53 bits per heavy atom. The summed E-state index contributed by atoms with van der Waals surface area (Å²) in [6, 6.07) is 5.07. The van der Waals surface area contributed by atoms with Crippen LogP contribution in [0.15, 0.2) is 24.3 Å². The summed E-state index contributed by atoms with van der Waals surface area (Å²) >= 11 is 4.15. The van der Waals surface area contributed by atoms with Crippen molar-refractivity contribution in [3.8, 4) is 12.3 Å². The van der Waals surface area contributed by atoms with Crippen molar-refractivity contribution < 1.29 is 9.72 Å². The number of ketones is 1. The van der Waals surface area contributed by atoms with Gasteiger partial charge in [-0.2, -0.15) is 12.6 Å². The van der Waals surface area contributed by atoms with Gasteiger partial charge in [-0.05, 0) is 19.2 Å². The number of nitro groups is 1. The fraction of sp³-hybridized carbons (Fsp3) is 0.308. The van der Waals surface area contributed by atoms with Gasteiger partial charge in [-0.15, -0.1) is 6.42 Å². The fourth-order valence-corrected chi connectivity index (χ4v) is 2.06. The summed E-state index contributed by atoms with van der Waals surface area (Å²) in [7, 11) is 1.74. The van der Waals surface area contributed by atoms with Gasteiger partial charge in [-0.25, -0.2) is 0 Å². The molecule has 0 fully saturated rings. The lowest BCUT2D eigenvalue weighted by Gasteiger charge is -2.23. The van der Waals surface area contributed by atoms with E-state index in [2.05, 4.69) is 18.5 Å². The Hall–Kier alpha value is -1.84. The first-order valence-electron chi connectivity index (χ1n) is 5.54. The van der Waals surface area contributed by atoms with Gasteiger partial charge in [-0.3, -0.25) is 19.8 Å². The Morgan fingerprint density at radius 2 is 2.11 bits per heavy atom. The molecule has 0 spiro atoms. The van der Waals surface area contributed by atoms with Crippen molar-refractivity contribution in [3.05, 3.63) is 39.9 Å². The zero-order valence-corrected chi connectivity index (χ0v) is 11.3. The maximum absolute atomic E-state index is 12.2. The van der Waals surface area contributed by atoms with E-state index in [9.17, 15) is 14.9 Å². The van der Waals surface area contributed by atoms with Crippen LogP contribution in [0.3, 0.4) is 0 Å². The highest BCUT2D eigenvalue weighted by Gasteiger charge is 2.22. The van der Waals surface area contributed by atoms with Crippen LogP contribution in [-0.2, 0) is 0 Å². The van der Waals surface area contributed by atoms with Gasteiger partial charge >= 0.3 is 0 Å². The number of carbonyl (C=O) groups is 1. The molecule has 0 radical (unpaired) electrons. The number of terminal acetylenes is 1. The maximum atomic E-state index is 12.2. The number of Topliss-reactive ketones (excluding diaryl/α,β-unsaturated/α-hetero) is 1. The Balaban J connectivity index is 2.92. The zero-order chi connectivity index (χ0) is 14.4. The molecule has 5 nitrogen and oxygen atoms in total. The summed E-state index contributed by atoms with van der Waals surface area (Å²) in [5, 5.41) is 10.5. The molecule has 19 heavy (non-hydrogen) atoms. The highest BCUT2D eigenvalue weighted by atomic mass is 32.1. The second-order valence-electron chi connectivity index (χ2n) is 3.99. The third kappa shape index (κ3) is 3.81. The summed E-state index contributed by atoms with van der Waals surface area (Å²) in [5.41, 5.74) is 0.365. The molecule has 1 aromatic carbocycles. The van der Waals surface area contributed by atoms with Crippen molar-refractivity contribution >= 4 is 24.1 Å². The summed E-state index contributed by atoms with van der Waals surface area (Å²) in [5.74, 6) is 2.64. The topological polar surface area (TPSA) is 63.5 Å². The molecule has 0 saturated carbocycles. The molecule has 1 aromatic rings. The van der Waals surface area contributed by atoms with Crippen molar-refractivity contribution in [2.24, 2.45) is 0 Å². The fourth-order valence-electron chi connectivity index (χ4n) is 1.62. The molecule has 0 bridgehead atoms. The van der Waals surface area contributed by atoms with E-state index >= 15 is 0 Å². The summed E-state index contributed by atoms with van der Waals surface area (Å²) in [6.45, 7) is 0.337. The standard InChI is InChI=1S/C13H14N2O3S/c1-3-8-14(2)12(9-19)13(16)10-4-6-11(7-5-10)15(17)18/h1,4-7,12,19H,8-9H2,2H3. The number of benzene rings is 1. The molecule has 0 aliphatic carbocycles. The molecule has 0 heterocycles. The lowest BCUT2D eigenvalue weighted by atomic mass is 10.0. The minimum absolute atomic E-state index is 0.0454. The van der Waals surface area contributed by atoms with E-state index in [1.54, 1.807) is 11.9 Å². The Kier molecular flexibility index (Phi) is 5.55. The monoisotopic (exact) mass is 278 g/mol. The lowest BCUT2D eigenvalue weighted by molar-refractivity contribution is -0.384. The Morgan fingerprint density at radius 1 is 1.53 bits per heavy atom. The van der Waals surface area contributed by atoms with Crippen LogP contribution in [0, 0.1) is 22.5 Å². The van der Waals surface area contributed by atoms with Crippen molar-refractivity contribution in [3.63, 3.8) is 0 Å².